The number of fused-ring (bicyclic) bond motifs is 1. The molecule has 2 aromatic rings. The molecule has 0 unspecified atom stereocenters. The van der Waals surface area contributed by atoms with Crippen molar-refractivity contribution < 1.29 is 0 Å². The second-order valence-electron chi connectivity index (χ2n) is 4.88. The minimum absolute atomic E-state index is 0.878. The fourth-order valence-electron chi connectivity index (χ4n) is 2.65. The Morgan fingerprint density at radius 1 is 1.32 bits per heavy atom. The van der Waals surface area contributed by atoms with Gasteiger partial charge in [0.2, 0.25) is 0 Å². The van der Waals surface area contributed by atoms with E-state index in [9.17, 15) is 0 Å². The minimum Gasteiger partial charge on any atom is -0.398 e. The van der Waals surface area contributed by atoms with E-state index in [1.165, 1.54) is 16.8 Å². The molecule has 0 amide bonds. The second-order valence-corrected chi connectivity index (χ2v) is 5.80. The van der Waals surface area contributed by atoms with Crippen LogP contribution >= 0.6 is 15.9 Å². The molecule has 98 valence electrons. The highest BCUT2D eigenvalue weighted by Crippen LogP contribution is 2.32. The van der Waals surface area contributed by atoms with Crippen molar-refractivity contribution in [2.24, 2.45) is 0 Å². The van der Waals surface area contributed by atoms with Crippen LogP contribution in [0.3, 0.4) is 0 Å². The molecule has 0 radical (unpaired) electrons. The summed E-state index contributed by atoms with van der Waals surface area (Å²) in [6.07, 6.45) is 5.97. The van der Waals surface area contributed by atoms with Gasteiger partial charge in [-0.1, -0.05) is 6.07 Å². The van der Waals surface area contributed by atoms with Crippen molar-refractivity contribution >= 4 is 27.3 Å². The molecule has 1 aliphatic heterocycles. The maximum Gasteiger partial charge on any atom is 0.0445 e. The Bertz CT molecular complexity index is 598. The van der Waals surface area contributed by atoms with E-state index in [0.717, 1.165) is 36.1 Å². The number of pyridine rings is 1. The SMILES string of the molecule is Nc1cccc2c1CCCN2Cc1cncc(Br)c1. The quantitative estimate of drug-likeness (QED) is 0.863. The average Bonchev–Trinajstić information content (AvgIpc) is 2.40. The van der Waals surface area contributed by atoms with Crippen molar-refractivity contribution in [1.82, 2.24) is 4.98 Å². The number of halogens is 1. The lowest BCUT2D eigenvalue weighted by Crippen LogP contribution is -2.29. The molecule has 0 bridgehead atoms. The Labute approximate surface area is 121 Å². The molecule has 2 heterocycles. The lowest BCUT2D eigenvalue weighted by Gasteiger charge is -2.32. The summed E-state index contributed by atoms with van der Waals surface area (Å²) >= 11 is 3.47. The predicted molar refractivity (Wildman–Crippen MR) is 82.2 cm³/mol. The van der Waals surface area contributed by atoms with E-state index in [4.69, 9.17) is 5.73 Å². The zero-order chi connectivity index (χ0) is 13.2. The van der Waals surface area contributed by atoms with Gasteiger partial charge in [-0.2, -0.15) is 0 Å². The van der Waals surface area contributed by atoms with E-state index in [1.807, 2.05) is 24.5 Å². The Morgan fingerprint density at radius 2 is 2.21 bits per heavy atom. The molecular formula is C15H16BrN3. The summed E-state index contributed by atoms with van der Waals surface area (Å²) in [4.78, 5) is 6.61. The molecule has 4 heteroatoms. The maximum absolute atomic E-state index is 6.07. The van der Waals surface area contributed by atoms with Crippen LogP contribution in [0.15, 0.2) is 41.1 Å². The predicted octanol–water partition coefficient (Wildman–Crippen LogP) is 3.38. The van der Waals surface area contributed by atoms with Crippen LogP contribution in [0.25, 0.3) is 0 Å². The third kappa shape index (κ3) is 2.59. The standard InChI is InChI=1S/C15H16BrN3/c16-12-7-11(8-18-9-12)10-19-6-2-3-13-14(17)4-1-5-15(13)19/h1,4-5,7-9H,2-3,6,10,17H2. The largest absolute Gasteiger partial charge is 0.398 e. The molecule has 1 aliphatic rings. The highest BCUT2D eigenvalue weighted by atomic mass is 79.9. The van der Waals surface area contributed by atoms with E-state index >= 15 is 0 Å². The number of benzene rings is 1. The van der Waals surface area contributed by atoms with Crippen LogP contribution in [-0.2, 0) is 13.0 Å². The van der Waals surface area contributed by atoms with Gasteiger partial charge in [0.1, 0.15) is 0 Å². The first-order valence-corrected chi connectivity index (χ1v) is 7.25. The monoisotopic (exact) mass is 317 g/mol. The zero-order valence-electron chi connectivity index (χ0n) is 10.6. The van der Waals surface area contributed by atoms with Crippen LogP contribution in [0.5, 0.6) is 0 Å². The lowest BCUT2D eigenvalue weighted by molar-refractivity contribution is 0.691. The van der Waals surface area contributed by atoms with Gasteiger partial charge in [-0.15, -0.1) is 0 Å². The molecule has 2 N–H and O–H groups in total. The molecule has 0 spiro atoms. The number of anilines is 2. The van der Waals surface area contributed by atoms with Gasteiger partial charge in [-0.25, -0.2) is 0 Å². The smallest absolute Gasteiger partial charge is 0.0445 e. The maximum atomic E-state index is 6.07. The fourth-order valence-corrected chi connectivity index (χ4v) is 3.07. The molecule has 19 heavy (non-hydrogen) atoms. The minimum atomic E-state index is 0.878. The molecular weight excluding hydrogens is 302 g/mol. The zero-order valence-corrected chi connectivity index (χ0v) is 12.2. The number of hydrogen-bond acceptors (Lipinski definition) is 3. The summed E-state index contributed by atoms with van der Waals surface area (Å²) in [5.41, 5.74) is 10.8. The van der Waals surface area contributed by atoms with Gasteiger partial charge in [0.05, 0.1) is 0 Å². The Morgan fingerprint density at radius 3 is 3.05 bits per heavy atom. The van der Waals surface area contributed by atoms with Gasteiger partial charge in [0.15, 0.2) is 0 Å². The summed E-state index contributed by atoms with van der Waals surface area (Å²) in [7, 11) is 0. The van der Waals surface area contributed by atoms with Gasteiger partial charge >= 0.3 is 0 Å². The van der Waals surface area contributed by atoms with Crippen molar-refractivity contribution in [2.45, 2.75) is 19.4 Å². The van der Waals surface area contributed by atoms with E-state index in [2.05, 4.69) is 37.9 Å². The first-order valence-electron chi connectivity index (χ1n) is 6.46. The van der Waals surface area contributed by atoms with Crippen LogP contribution in [0.2, 0.25) is 0 Å². The highest BCUT2D eigenvalue weighted by molar-refractivity contribution is 9.10. The molecule has 0 saturated carbocycles. The Balaban J connectivity index is 1.90. The van der Waals surface area contributed by atoms with Crippen molar-refractivity contribution in [3.63, 3.8) is 0 Å². The summed E-state index contributed by atoms with van der Waals surface area (Å²) in [6.45, 7) is 1.95. The summed E-state index contributed by atoms with van der Waals surface area (Å²) in [5.74, 6) is 0. The Kier molecular flexibility index (Phi) is 3.42. The first kappa shape index (κ1) is 12.5. The van der Waals surface area contributed by atoms with Crippen LogP contribution in [-0.4, -0.2) is 11.5 Å². The summed E-state index contributed by atoms with van der Waals surface area (Å²) in [6, 6.07) is 8.30. The molecule has 0 atom stereocenters. The number of nitrogen functional groups attached to an aromatic ring is 1. The van der Waals surface area contributed by atoms with Crippen molar-refractivity contribution in [2.75, 3.05) is 17.2 Å². The first-order chi connectivity index (χ1) is 9.24. The third-order valence-electron chi connectivity index (χ3n) is 3.52. The summed E-state index contributed by atoms with van der Waals surface area (Å²) < 4.78 is 1.02. The van der Waals surface area contributed by atoms with Gasteiger partial charge in [-0.3, -0.25) is 4.98 Å². The lowest BCUT2D eigenvalue weighted by atomic mass is 9.99. The van der Waals surface area contributed by atoms with E-state index < -0.39 is 0 Å². The molecule has 1 aromatic heterocycles. The van der Waals surface area contributed by atoms with Crippen molar-refractivity contribution in [1.29, 1.82) is 0 Å². The van der Waals surface area contributed by atoms with Crippen molar-refractivity contribution in [3.8, 4) is 0 Å². The van der Waals surface area contributed by atoms with Gasteiger partial charge in [-0.05, 0) is 58.1 Å². The van der Waals surface area contributed by atoms with E-state index in [0.29, 0.717) is 0 Å². The topological polar surface area (TPSA) is 42.1 Å². The fraction of sp³-hybridized carbons (Fsp3) is 0.267. The van der Waals surface area contributed by atoms with Gasteiger partial charge < -0.3 is 10.6 Å². The van der Waals surface area contributed by atoms with E-state index in [-0.39, 0.29) is 0 Å². The molecule has 0 fully saturated rings. The number of aromatic nitrogens is 1. The van der Waals surface area contributed by atoms with Crippen LogP contribution in [0.1, 0.15) is 17.5 Å². The molecule has 1 aromatic carbocycles. The summed E-state index contributed by atoms with van der Waals surface area (Å²) in [5, 5.41) is 0. The molecule has 3 nitrogen and oxygen atoms in total. The normalized spacial score (nSPS) is 14.3. The Hall–Kier alpha value is -1.55. The number of hydrogen-bond donors (Lipinski definition) is 1. The average molecular weight is 318 g/mol. The number of nitrogens with two attached hydrogens (primary N) is 1. The van der Waals surface area contributed by atoms with Crippen LogP contribution in [0.4, 0.5) is 11.4 Å². The highest BCUT2D eigenvalue weighted by Gasteiger charge is 2.18. The second kappa shape index (κ2) is 5.21. The van der Waals surface area contributed by atoms with Crippen LogP contribution < -0.4 is 10.6 Å². The van der Waals surface area contributed by atoms with Crippen LogP contribution in [0, 0.1) is 0 Å². The molecule has 3 rings (SSSR count). The van der Waals surface area contributed by atoms with Crippen molar-refractivity contribution in [3.05, 3.63) is 52.3 Å². The third-order valence-corrected chi connectivity index (χ3v) is 3.95. The number of nitrogens with zero attached hydrogens (tertiary/aromatic N) is 2. The van der Waals surface area contributed by atoms with Gasteiger partial charge in [0, 0.05) is 41.3 Å². The molecule has 0 saturated heterocycles. The number of rotatable bonds is 2. The molecule has 0 aliphatic carbocycles. The van der Waals surface area contributed by atoms with Gasteiger partial charge in [0.25, 0.3) is 0 Å². The van der Waals surface area contributed by atoms with E-state index in [1.54, 1.807) is 0 Å².